The van der Waals surface area contributed by atoms with E-state index in [1.807, 2.05) is 0 Å². The molecular weight excluding hydrogens is 438 g/mol. The number of allylic oxidation sites excluding steroid dienone is 2. The van der Waals surface area contributed by atoms with Crippen LogP contribution in [0, 0.1) is 46.8 Å². The zero-order valence-electron chi connectivity index (χ0n) is 22.9. The smallest absolute Gasteiger partial charge is 0.302 e. The highest BCUT2D eigenvalue weighted by molar-refractivity contribution is 5.66. The predicted molar refractivity (Wildman–Crippen MR) is 138 cm³/mol. The van der Waals surface area contributed by atoms with E-state index in [0.717, 1.165) is 38.6 Å². The van der Waals surface area contributed by atoms with E-state index in [2.05, 4.69) is 39.6 Å². The molecule has 1 heterocycles. The molecule has 0 aromatic heterocycles. The number of nitrogens with zero attached hydrogens (tertiary/aromatic N) is 1. The molecule has 0 bridgehead atoms. The van der Waals surface area contributed by atoms with Crippen LogP contribution in [0.5, 0.6) is 0 Å². The van der Waals surface area contributed by atoms with Crippen LogP contribution in [-0.4, -0.2) is 59.0 Å². The molecule has 0 spiro atoms. The second-order valence-electron chi connectivity index (χ2n) is 13.6. The summed E-state index contributed by atoms with van der Waals surface area (Å²) in [4.78, 5) is 14.0. The topological polar surface area (TPSA) is 70.0 Å². The van der Waals surface area contributed by atoms with Crippen molar-refractivity contribution in [2.45, 2.75) is 110 Å². The molecule has 0 radical (unpaired) electrons. The van der Waals surface area contributed by atoms with Gasteiger partial charge >= 0.3 is 5.97 Å². The molecule has 0 amide bonds. The minimum absolute atomic E-state index is 0.0340. The number of ether oxygens (including phenoxy) is 1. The Bertz CT molecular complexity index is 843. The van der Waals surface area contributed by atoms with Crippen molar-refractivity contribution in [3.63, 3.8) is 0 Å². The van der Waals surface area contributed by atoms with Crippen molar-refractivity contribution >= 4 is 5.97 Å². The first kappa shape index (κ1) is 25.7. The maximum absolute atomic E-state index is 11.6. The van der Waals surface area contributed by atoms with Gasteiger partial charge < -0.3 is 19.8 Å². The van der Waals surface area contributed by atoms with Crippen molar-refractivity contribution in [3.05, 3.63) is 11.1 Å². The van der Waals surface area contributed by atoms with Crippen LogP contribution in [0.25, 0.3) is 0 Å². The quantitative estimate of drug-likeness (QED) is 0.442. The highest BCUT2D eigenvalue weighted by atomic mass is 16.5. The van der Waals surface area contributed by atoms with Gasteiger partial charge in [-0.3, -0.25) is 4.79 Å². The van der Waals surface area contributed by atoms with Crippen molar-refractivity contribution in [2.75, 3.05) is 13.6 Å². The summed E-state index contributed by atoms with van der Waals surface area (Å²) in [6.07, 6.45) is 7.67. The maximum atomic E-state index is 11.6. The van der Waals surface area contributed by atoms with Crippen LogP contribution >= 0.6 is 0 Å². The summed E-state index contributed by atoms with van der Waals surface area (Å²) in [7, 11) is 2.20. The summed E-state index contributed by atoms with van der Waals surface area (Å²) in [5.41, 5.74) is 3.42. The normalized spacial score (nSPS) is 49.1. The Morgan fingerprint density at radius 3 is 2.54 bits per heavy atom. The molecule has 0 aromatic carbocycles. The highest BCUT2D eigenvalue weighted by Gasteiger charge is 2.59. The lowest BCUT2D eigenvalue weighted by Gasteiger charge is -2.55. The Labute approximate surface area is 212 Å². The fraction of sp³-hybridized carbons (Fsp3) is 0.900. The minimum atomic E-state index is -0.288. The molecule has 2 N–H and O–H groups in total. The van der Waals surface area contributed by atoms with Gasteiger partial charge in [-0.2, -0.15) is 0 Å². The zero-order chi connectivity index (χ0) is 25.2. The molecule has 3 saturated carbocycles. The summed E-state index contributed by atoms with van der Waals surface area (Å²) in [6.45, 7) is 12.0. The van der Waals surface area contributed by atoms with Gasteiger partial charge in [0.2, 0.25) is 0 Å². The number of carbonyl (C=O) groups is 1. The van der Waals surface area contributed by atoms with Gasteiger partial charge in [-0.25, -0.2) is 0 Å². The molecule has 35 heavy (non-hydrogen) atoms. The molecule has 5 nitrogen and oxygen atoms in total. The largest absolute Gasteiger partial charge is 0.463 e. The van der Waals surface area contributed by atoms with E-state index in [-0.39, 0.29) is 41.7 Å². The standard InChI is InChI=1S/C30H49NO4/c1-16-11-28(34)29(31(6)15-16)18(3)21-7-8-22-23(17(21)2)13-25-24(22)14-27(33)26-12-20(35-19(4)32)9-10-30(25,26)5/h16,18,20-22,24-29,33-34H,7-15H2,1-6H3/t16-,18-,20+,21+,22-,24+,25+,26-,27-,28-,29-,30-/m1/s1. The number of carbonyl (C=O) groups excluding carboxylic acids is 1. The Morgan fingerprint density at radius 2 is 1.86 bits per heavy atom. The summed E-state index contributed by atoms with van der Waals surface area (Å²) in [6, 6.07) is 0.243. The average molecular weight is 488 g/mol. The Balaban J connectivity index is 1.37. The van der Waals surface area contributed by atoms with Crippen LogP contribution in [0.1, 0.15) is 86.0 Å². The fourth-order valence-electron chi connectivity index (χ4n) is 10.1. The van der Waals surface area contributed by atoms with Crippen LogP contribution < -0.4 is 0 Å². The first-order valence-corrected chi connectivity index (χ1v) is 14.4. The lowest BCUT2D eigenvalue weighted by molar-refractivity contribution is -0.163. The van der Waals surface area contributed by atoms with Gasteiger partial charge in [0, 0.05) is 19.5 Å². The van der Waals surface area contributed by atoms with Gasteiger partial charge in [-0.15, -0.1) is 0 Å². The highest BCUT2D eigenvalue weighted by Crippen LogP contribution is 2.65. The number of aliphatic hydroxyl groups excluding tert-OH is 2. The van der Waals surface area contributed by atoms with E-state index < -0.39 is 0 Å². The second-order valence-corrected chi connectivity index (χ2v) is 13.6. The molecule has 1 saturated heterocycles. The van der Waals surface area contributed by atoms with E-state index in [1.165, 1.54) is 26.2 Å². The molecule has 4 aliphatic carbocycles. The number of hydrogen-bond donors (Lipinski definition) is 2. The van der Waals surface area contributed by atoms with Crippen molar-refractivity contribution < 1.29 is 19.7 Å². The second kappa shape index (κ2) is 9.44. The minimum Gasteiger partial charge on any atom is -0.463 e. The van der Waals surface area contributed by atoms with Crippen molar-refractivity contribution in [1.29, 1.82) is 0 Å². The number of likely N-dealkylation sites (tertiary alicyclic amines) is 1. The van der Waals surface area contributed by atoms with Crippen molar-refractivity contribution in [2.24, 2.45) is 46.8 Å². The third-order valence-electron chi connectivity index (χ3n) is 11.6. The molecule has 4 fully saturated rings. The van der Waals surface area contributed by atoms with Crippen molar-refractivity contribution in [1.82, 2.24) is 4.90 Å². The fourth-order valence-corrected chi connectivity index (χ4v) is 10.1. The van der Waals surface area contributed by atoms with Gasteiger partial charge in [0.15, 0.2) is 0 Å². The summed E-state index contributed by atoms with van der Waals surface area (Å²) in [5, 5.41) is 22.3. The first-order valence-electron chi connectivity index (χ1n) is 14.4. The number of hydrogen-bond acceptors (Lipinski definition) is 5. The molecule has 198 valence electrons. The van der Waals surface area contributed by atoms with Crippen LogP contribution in [0.15, 0.2) is 11.1 Å². The van der Waals surface area contributed by atoms with Gasteiger partial charge in [-0.05, 0) is 112 Å². The molecule has 1 aliphatic heterocycles. The summed E-state index contributed by atoms with van der Waals surface area (Å²) < 4.78 is 5.59. The van der Waals surface area contributed by atoms with E-state index in [4.69, 9.17) is 4.74 Å². The van der Waals surface area contributed by atoms with Gasteiger partial charge in [0.05, 0.1) is 12.2 Å². The van der Waals surface area contributed by atoms with Crippen LogP contribution in [0.3, 0.4) is 0 Å². The lowest BCUT2D eigenvalue weighted by Crippen LogP contribution is -2.54. The Hall–Kier alpha value is -0.910. The van der Waals surface area contributed by atoms with Crippen LogP contribution in [-0.2, 0) is 9.53 Å². The predicted octanol–water partition coefficient (Wildman–Crippen LogP) is 4.81. The number of aliphatic hydroxyl groups is 2. The monoisotopic (exact) mass is 487 g/mol. The average Bonchev–Trinajstić information content (AvgIpc) is 3.14. The van der Waals surface area contributed by atoms with Gasteiger partial charge in [0.1, 0.15) is 6.10 Å². The number of fused-ring (bicyclic) bond motifs is 5. The van der Waals surface area contributed by atoms with E-state index in [1.54, 1.807) is 11.1 Å². The Kier molecular flexibility index (Phi) is 6.94. The number of rotatable bonds is 3. The molecule has 5 aliphatic rings. The first-order chi connectivity index (χ1) is 16.5. The van der Waals surface area contributed by atoms with E-state index >= 15 is 0 Å². The van der Waals surface area contributed by atoms with E-state index in [0.29, 0.717) is 35.5 Å². The van der Waals surface area contributed by atoms with Crippen LogP contribution in [0.2, 0.25) is 0 Å². The number of esters is 1. The lowest BCUT2D eigenvalue weighted by atomic mass is 9.51. The summed E-state index contributed by atoms with van der Waals surface area (Å²) >= 11 is 0. The van der Waals surface area contributed by atoms with E-state index in [9.17, 15) is 15.0 Å². The van der Waals surface area contributed by atoms with Gasteiger partial charge in [-0.1, -0.05) is 31.9 Å². The SMILES string of the molecule is CC(=O)O[C@H]1CC[C@@]2(C)[C@H](C1)[C@H](O)C[C@H]1[C@@H]3CC[C@H]([C@@H](C)[C@@H]4[C@H](O)C[C@@H](C)CN4C)C(C)=C3C[C@@H]12. The third kappa shape index (κ3) is 4.32. The maximum Gasteiger partial charge on any atom is 0.302 e. The molecule has 5 rings (SSSR count). The molecule has 0 unspecified atom stereocenters. The van der Waals surface area contributed by atoms with Gasteiger partial charge in [0.25, 0.3) is 0 Å². The Morgan fingerprint density at radius 1 is 1.11 bits per heavy atom. The van der Waals surface area contributed by atoms with Crippen molar-refractivity contribution in [3.8, 4) is 0 Å². The third-order valence-corrected chi connectivity index (χ3v) is 11.6. The number of likely N-dealkylation sites (N-methyl/N-ethyl adjacent to an activating group) is 1. The molecule has 12 atom stereocenters. The summed E-state index contributed by atoms with van der Waals surface area (Å²) in [5.74, 6) is 3.42. The zero-order valence-corrected chi connectivity index (χ0v) is 22.9. The molecule has 0 aromatic rings. The molecular formula is C30H49NO4. The number of piperidine rings is 1. The van der Waals surface area contributed by atoms with Crippen LogP contribution in [0.4, 0.5) is 0 Å². The molecule has 5 heteroatoms.